The molecule has 1 unspecified atom stereocenters. The Kier molecular flexibility index (Phi) is 6.50. The van der Waals surface area contributed by atoms with Crippen LogP contribution in [0.15, 0.2) is 18.3 Å². The number of carbonyl (C=O) groups excluding carboxylic acids is 1. The van der Waals surface area contributed by atoms with E-state index in [1.54, 1.807) is 0 Å². The van der Waals surface area contributed by atoms with Crippen LogP contribution in [0.25, 0.3) is 0 Å². The summed E-state index contributed by atoms with van der Waals surface area (Å²) in [4.78, 5) is 21.2. The molecule has 3 heterocycles. The molecule has 138 valence electrons. The van der Waals surface area contributed by atoms with Crippen molar-refractivity contribution in [2.75, 3.05) is 44.3 Å². The number of carbonyl (C=O) groups is 1. The molecule has 2 saturated heterocycles. The topological polar surface area (TPSA) is 57.7 Å². The molecule has 0 aromatic carbocycles. The number of pyridine rings is 1. The fourth-order valence-corrected chi connectivity index (χ4v) is 3.52. The Morgan fingerprint density at radius 3 is 2.84 bits per heavy atom. The van der Waals surface area contributed by atoms with Crippen LogP contribution < -0.4 is 10.2 Å². The number of nitrogens with zero attached hydrogens (tertiary/aromatic N) is 3. The first kappa shape index (κ1) is 18.0. The van der Waals surface area contributed by atoms with Crippen molar-refractivity contribution in [1.29, 1.82) is 0 Å². The summed E-state index contributed by atoms with van der Waals surface area (Å²) in [5, 5.41) is 3.02. The number of nitrogens with one attached hydrogen (secondary N) is 1. The van der Waals surface area contributed by atoms with Crippen LogP contribution in [0.4, 0.5) is 10.6 Å². The number of hydrogen-bond donors (Lipinski definition) is 1. The molecule has 0 aliphatic carbocycles. The third kappa shape index (κ3) is 5.08. The Morgan fingerprint density at radius 2 is 2.20 bits per heavy atom. The van der Waals surface area contributed by atoms with Crippen LogP contribution in [0, 0.1) is 5.92 Å². The Morgan fingerprint density at radius 1 is 1.36 bits per heavy atom. The zero-order chi connectivity index (χ0) is 17.5. The van der Waals surface area contributed by atoms with Gasteiger partial charge in [-0.15, -0.1) is 0 Å². The maximum atomic E-state index is 12.4. The van der Waals surface area contributed by atoms with Crippen LogP contribution >= 0.6 is 0 Å². The van der Waals surface area contributed by atoms with Crippen molar-refractivity contribution in [3.63, 3.8) is 0 Å². The summed E-state index contributed by atoms with van der Waals surface area (Å²) in [6, 6.07) is 4.13. The van der Waals surface area contributed by atoms with Crippen molar-refractivity contribution in [2.45, 2.75) is 39.2 Å². The second-order valence-electron chi connectivity index (χ2n) is 7.00. The lowest BCUT2D eigenvalue weighted by Crippen LogP contribution is -2.42. The highest BCUT2D eigenvalue weighted by Crippen LogP contribution is 2.17. The molecule has 1 atom stereocenters. The maximum absolute atomic E-state index is 12.4. The highest BCUT2D eigenvalue weighted by molar-refractivity contribution is 5.74. The van der Waals surface area contributed by atoms with Gasteiger partial charge in [-0.25, -0.2) is 9.78 Å². The van der Waals surface area contributed by atoms with E-state index in [0.29, 0.717) is 19.0 Å². The minimum Gasteiger partial charge on any atom is -0.381 e. The summed E-state index contributed by atoms with van der Waals surface area (Å²) < 4.78 is 5.40. The molecule has 2 amide bonds. The van der Waals surface area contributed by atoms with E-state index in [1.165, 1.54) is 19.3 Å². The van der Waals surface area contributed by atoms with Crippen LogP contribution in [0.2, 0.25) is 0 Å². The summed E-state index contributed by atoms with van der Waals surface area (Å²) in [6.45, 7) is 7.81. The second-order valence-corrected chi connectivity index (χ2v) is 7.00. The van der Waals surface area contributed by atoms with Crippen molar-refractivity contribution < 1.29 is 9.53 Å². The predicted molar refractivity (Wildman–Crippen MR) is 98.7 cm³/mol. The number of urea groups is 1. The molecule has 1 N–H and O–H groups in total. The van der Waals surface area contributed by atoms with E-state index in [-0.39, 0.29) is 6.03 Å². The van der Waals surface area contributed by atoms with E-state index in [2.05, 4.69) is 27.3 Å². The first-order chi connectivity index (χ1) is 12.3. The lowest BCUT2D eigenvalue weighted by atomic mass is 10.1. The molecule has 1 aromatic heterocycles. The normalized spacial score (nSPS) is 20.5. The van der Waals surface area contributed by atoms with E-state index in [1.807, 2.05) is 18.0 Å². The SMILES string of the molecule is CCN(CC1CCOC1)C(=O)NCc1ccc(N2CCCCC2)nc1. The third-order valence-electron chi connectivity index (χ3n) is 5.10. The first-order valence-corrected chi connectivity index (χ1v) is 9.56. The quantitative estimate of drug-likeness (QED) is 0.860. The fourth-order valence-electron chi connectivity index (χ4n) is 3.52. The minimum atomic E-state index is -0.00509. The molecule has 3 rings (SSSR count). The molecule has 2 aliphatic heterocycles. The predicted octanol–water partition coefficient (Wildman–Crippen LogP) is 2.64. The summed E-state index contributed by atoms with van der Waals surface area (Å²) >= 11 is 0. The van der Waals surface area contributed by atoms with Gasteiger partial charge in [-0.1, -0.05) is 6.07 Å². The van der Waals surface area contributed by atoms with Gasteiger partial charge >= 0.3 is 6.03 Å². The summed E-state index contributed by atoms with van der Waals surface area (Å²) in [6.07, 6.45) is 6.75. The van der Waals surface area contributed by atoms with Crippen molar-refractivity contribution in [2.24, 2.45) is 5.92 Å². The molecule has 0 radical (unpaired) electrons. The largest absolute Gasteiger partial charge is 0.381 e. The monoisotopic (exact) mass is 346 g/mol. The van der Waals surface area contributed by atoms with Crippen LogP contribution in [0.3, 0.4) is 0 Å². The Labute approximate surface area is 150 Å². The molecule has 25 heavy (non-hydrogen) atoms. The highest BCUT2D eigenvalue weighted by Gasteiger charge is 2.21. The standard InChI is InChI=1S/C19H30N4O2/c1-2-22(14-17-8-11-25-15-17)19(24)21-13-16-6-7-18(20-12-16)23-9-4-3-5-10-23/h6-7,12,17H,2-5,8-11,13-15H2,1H3,(H,21,24). The zero-order valence-corrected chi connectivity index (χ0v) is 15.2. The number of aromatic nitrogens is 1. The Balaban J connectivity index is 1.47. The van der Waals surface area contributed by atoms with Gasteiger partial charge in [-0.2, -0.15) is 0 Å². The van der Waals surface area contributed by atoms with Gasteiger partial charge in [0.1, 0.15) is 5.82 Å². The fraction of sp³-hybridized carbons (Fsp3) is 0.684. The van der Waals surface area contributed by atoms with Gasteiger partial charge in [0.15, 0.2) is 0 Å². The average Bonchev–Trinajstić information content (AvgIpc) is 3.18. The molecular weight excluding hydrogens is 316 g/mol. The molecule has 6 heteroatoms. The van der Waals surface area contributed by atoms with E-state index in [9.17, 15) is 4.79 Å². The van der Waals surface area contributed by atoms with Crippen LogP contribution in [-0.2, 0) is 11.3 Å². The smallest absolute Gasteiger partial charge is 0.317 e. The van der Waals surface area contributed by atoms with Gasteiger partial charge in [-0.3, -0.25) is 0 Å². The molecule has 0 saturated carbocycles. The maximum Gasteiger partial charge on any atom is 0.317 e. The third-order valence-corrected chi connectivity index (χ3v) is 5.10. The molecule has 2 fully saturated rings. The summed E-state index contributed by atoms with van der Waals surface area (Å²) in [5.41, 5.74) is 1.04. The molecule has 0 bridgehead atoms. The van der Waals surface area contributed by atoms with Gasteiger partial charge in [0.2, 0.25) is 0 Å². The molecule has 6 nitrogen and oxygen atoms in total. The number of anilines is 1. The number of hydrogen-bond acceptors (Lipinski definition) is 4. The second kappa shape index (κ2) is 9.04. The van der Waals surface area contributed by atoms with Gasteiger partial charge in [0.05, 0.1) is 6.61 Å². The summed E-state index contributed by atoms with van der Waals surface area (Å²) in [7, 11) is 0. The lowest BCUT2D eigenvalue weighted by Gasteiger charge is -2.27. The van der Waals surface area contributed by atoms with Crippen molar-refractivity contribution in [3.8, 4) is 0 Å². The van der Waals surface area contributed by atoms with Crippen molar-refractivity contribution >= 4 is 11.8 Å². The van der Waals surface area contributed by atoms with Crippen LogP contribution in [0.5, 0.6) is 0 Å². The van der Waals surface area contributed by atoms with E-state index < -0.39 is 0 Å². The van der Waals surface area contributed by atoms with Gasteiger partial charge in [-0.05, 0) is 44.2 Å². The highest BCUT2D eigenvalue weighted by atomic mass is 16.5. The van der Waals surface area contributed by atoms with Gasteiger partial charge < -0.3 is 19.9 Å². The van der Waals surface area contributed by atoms with Crippen LogP contribution in [-0.4, -0.2) is 55.3 Å². The van der Waals surface area contributed by atoms with E-state index in [0.717, 1.165) is 50.7 Å². The Bertz CT molecular complexity index is 537. The summed E-state index contributed by atoms with van der Waals surface area (Å²) in [5.74, 6) is 1.52. The molecular formula is C19H30N4O2. The molecule has 1 aromatic rings. The van der Waals surface area contributed by atoms with Gasteiger partial charge in [0, 0.05) is 51.4 Å². The van der Waals surface area contributed by atoms with Crippen molar-refractivity contribution in [1.82, 2.24) is 15.2 Å². The van der Waals surface area contributed by atoms with E-state index >= 15 is 0 Å². The number of rotatable bonds is 6. The lowest BCUT2D eigenvalue weighted by molar-refractivity contribution is 0.166. The number of amides is 2. The molecule has 0 spiro atoms. The van der Waals surface area contributed by atoms with E-state index in [4.69, 9.17) is 4.74 Å². The average molecular weight is 346 g/mol. The van der Waals surface area contributed by atoms with Crippen molar-refractivity contribution in [3.05, 3.63) is 23.9 Å². The molecule has 2 aliphatic rings. The van der Waals surface area contributed by atoms with Crippen LogP contribution in [0.1, 0.15) is 38.2 Å². The first-order valence-electron chi connectivity index (χ1n) is 9.56. The zero-order valence-electron chi connectivity index (χ0n) is 15.2. The number of ether oxygens (including phenoxy) is 1. The number of piperidine rings is 1. The minimum absolute atomic E-state index is 0.00509. The Hall–Kier alpha value is -1.82. The van der Waals surface area contributed by atoms with Gasteiger partial charge in [0.25, 0.3) is 0 Å².